The Morgan fingerprint density at radius 3 is 2.47 bits per heavy atom. The van der Waals surface area contributed by atoms with E-state index in [1.54, 1.807) is 54.1 Å². The largest absolute Gasteiger partial charge is 0.416 e. The highest BCUT2D eigenvalue weighted by atomic mass is 19.4. The van der Waals surface area contributed by atoms with Gasteiger partial charge in [0.25, 0.3) is 5.91 Å². The van der Waals surface area contributed by atoms with E-state index in [9.17, 15) is 23.1 Å². The predicted molar refractivity (Wildman–Crippen MR) is 170 cm³/mol. The molecule has 0 unspecified atom stereocenters. The van der Waals surface area contributed by atoms with Crippen molar-refractivity contribution >= 4 is 23.5 Å². The Morgan fingerprint density at radius 2 is 1.84 bits per heavy atom. The number of fused-ring (bicyclic) bond motifs is 1. The topological polar surface area (TPSA) is 134 Å². The van der Waals surface area contributed by atoms with Crippen LogP contribution >= 0.6 is 0 Å². The number of hydrogen-bond acceptors (Lipinski definition) is 8. The number of β-amino-alcohol motifs (C(OH)–C–C–N with tert-alkyl or cyclic N) is 1. The number of aromatic nitrogens is 4. The van der Waals surface area contributed by atoms with Gasteiger partial charge in [0.05, 0.1) is 22.9 Å². The lowest BCUT2D eigenvalue weighted by atomic mass is 9.95. The summed E-state index contributed by atoms with van der Waals surface area (Å²) in [5.41, 5.74) is 4.62. The first-order chi connectivity index (χ1) is 21.5. The van der Waals surface area contributed by atoms with Crippen LogP contribution in [-0.4, -0.2) is 74.5 Å². The normalized spacial score (nSPS) is 13.5. The first-order valence-electron chi connectivity index (χ1n) is 14.2. The number of nitrogens with one attached hydrogen (secondary N) is 1. The van der Waals surface area contributed by atoms with Gasteiger partial charge in [-0.1, -0.05) is 25.8 Å². The Labute approximate surface area is 261 Å². The summed E-state index contributed by atoms with van der Waals surface area (Å²) in [6, 6.07) is 8.73. The van der Waals surface area contributed by atoms with Crippen molar-refractivity contribution in [3.8, 4) is 11.8 Å². The van der Waals surface area contributed by atoms with Gasteiger partial charge < -0.3 is 21.1 Å². The number of aliphatic hydroxyl groups is 1. The first-order valence-corrected chi connectivity index (χ1v) is 14.2. The zero-order valence-corrected chi connectivity index (χ0v) is 26.2. The number of aliphatic imine (C=N–C) groups is 1. The minimum absolute atomic E-state index is 0.00460. The molecule has 0 spiro atoms. The Kier molecular flexibility index (Phi) is 13.8. The van der Waals surface area contributed by atoms with E-state index in [0.29, 0.717) is 30.0 Å². The summed E-state index contributed by atoms with van der Waals surface area (Å²) < 4.78 is 42.8. The van der Waals surface area contributed by atoms with Gasteiger partial charge in [0, 0.05) is 56.5 Å². The van der Waals surface area contributed by atoms with E-state index < -0.39 is 23.2 Å². The van der Waals surface area contributed by atoms with Crippen LogP contribution in [0, 0.1) is 11.8 Å². The quantitative estimate of drug-likeness (QED) is 0.222. The summed E-state index contributed by atoms with van der Waals surface area (Å²) in [6.45, 7) is 8.16. The Balaban J connectivity index is 0.000000804. The number of amides is 1. The zero-order valence-electron chi connectivity index (χ0n) is 26.2. The van der Waals surface area contributed by atoms with Crippen LogP contribution in [0.25, 0.3) is 5.65 Å². The molecule has 4 N–H and O–H groups in total. The first kappa shape index (κ1) is 36.6. The monoisotopic (exact) mass is 624 g/mol. The number of rotatable bonds is 4. The van der Waals surface area contributed by atoms with Crippen LogP contribution in [0.3, 0.4) is 0 Å². The summed E-state index contributed by atoms with van der Waals surface area (Å²) in [7, 11) is 3.25. The maximum atomic E-state index is 13.7. The summed E-state index contributed by atoms with van der Waals surface area (Å²) in [6.07, 6.45) is 3.12. The number of nitrogens with two attached hydrogens (primary N) is 1. The number of hydrogen-bond donors (Lipinski definition) is 3. The second kappa shape index (κ2) is 17.0. The van der Waals surface area contributed by atoms with Gasteiger partial charge in [-0.3, -0.25) is 14.7 Å². The van der Waals surface area contributed by atoms with Crippen LogP contribution in [-0.2, 0) is 12.7 Å². The molecule has 5 rings (SSSR count). The lowest BCUT2D eigenvalue weighted by molar-refractivity contribution is -0.139. The third kappa shape index (κ3) is 10.5. The van der Waals surface area contributed by atoms with Gasteiger partial charge in [-0.25, -0.2) is 9.50 Å². The lowest BCUT2D eigenvalue weighted by Crippen LogP contribution is -2.59. The fourth-order valence-electron chi connectivity index (χ4n) is 4.21. The van der Waals surface area contributed by atoms with Crippen molar-refractivity contribution in [2.45, 2.75) is 46.0 Å². The fourth-order valence-corrected chi connectivity index (χ4v) is 4.21. The number of likely N-dealkylation sites (tertiary alicyclic amines) is 1. The van der Waals surface area contributed by atoms with Gasteiger partial charge in [-0.05, 0) is 68.9 Å². The Bertz CT molecular complexity index is 1630. The number of alkyl halides is 3. The maximum absolute atomic E-state index is 13.7. The molecule has 1 aliphatic heterocycles. The molecule has 45 heavy (non-hydrogen) atoms. The molecule has 1 fully saturated rings. The van der Waals surface area contributed by atoms with Crippen molar-refractivity contribution in [2.24, 2.45) is 10.7 Å². The van der Waals surface area contributed by atoms with E-state index in [0.717, 1.165) is 6.07 Å². The average Bonchev–Trinajstić information content (AvgIpc) is 3.44. The maximum Gasteiger partial charge on any atom is 0.416 e. The molecule has 13 heteroatoms. The number of carbonyl (C=O) groups excluding carboxylic acids is 1. The number of pyridine rings is 1. The SMILES string of the molecule is CC.CC1(O)CN(Cc2ccc(NC(=O)c3cncc(C#Cc4cnc5cccnn45)c3)cc2C(F)(F)F)C1.CC=NC.CN. The van der Waals surface area contributed by atoms with Crippen LogP contribution in [0.4, 0.5) is 18.9 Å². The molecular formula is C32H39F3N8O2. The summed E-state index contributed by atoms with van der Waals surface area (Å²) in [4.78, 5) is 26.4. The van der Waals surface area contributed by atoms with Crippen molar-refractivity contribution in [3.05, 3.63) is 89.1 Å². The third-order valence-corrected chi connectivity index (χ3v) is 6.07. The molecule has 0 atom stereocenters. The third-order valence-electron chi connectivity index (χ3n) is 6.07. The van der Waals surface area contributed by atoms with Crippen LogP contribution in [0.5, 0.6) is 0 Å². The molecule has 1 aromatic carbocycles. The van der Waals surface area contributed by atoms with Gasteiger partial charge in [0.2, 0.25) is 0 Å². The van der Waals surface area contributed by atoms with Crippen molar-refractivity contribution in [2.75, 3.05) is 32.5 Å². The number of carbonyl (C=O) groups is 1. The van der Waals surface area contributed by atoms with Crippen molar-refractivity contribution in [3.63, 3.8) is 0 Å². The number of anilines is 1. The zero-order chi connectivity index (χ0) is 33.6. The van der Waals surface area contributed by atoms with Crippen molar-refractivity contribution in [1.29, 1.82) is 0 Å². The van der Waals surface area contributed by atoms with Crippen molar-refractivity contribution in [1.82, 2.24) is 24.5 Å². The minimum atomic E-state index is -4.60. The van der Waals surface area contributed by atoms with E-state index in [4.69, 9.17) is 0 Å². The average molecular weight is 625 g/mol. The molecule has 3 aromatic heterocycles. The molecule has 10 nitrogen and oxygen atoms in total. The number of benzene rings is 1. The molecule has 1 saturated heterocycles. The molecule has 1 aliphatic rings. The second-order valence-corrected chi connectivity index (χ2v) is 9.63. The molecular weight excluding hydrogens is 585 g/mol. The van der Waals surface area contributed by atoms with Crippen LogP contribution in [0.2, 0.25) is 0 Å². The van der Waals surface area contributed by atoms with Gasteiger partial charge >= 0.3 is 6.18 Å². The van der Waals surface area contributed by atoms with Crippen LogP contribution in [0.1, 0.15) is 60.4 Å². The van der Waals surface area contributed by atoms with E-state index in [1.165, 1.54) is 37.6 Å². The number of imidazole rings is 1. The highest BCUT2D eigenvalue weighted by Gasteiger charge is 2.39. The predicted octanol–water partition coefficient (Wildman–Crippen LogP) is 4.67. The van der Waals surface area contributed by atoms with Gasteiger partial charge in [-0.15, -0.1) is 0 Å². The molecule has 4 heterocycles. The van der Waals surface area contributed by atoms with Gasteiger partial charge in [0.15, 0.2) is 5.65 Å². The highest BCUT2D eigenvalue weighted by Crippen LogP contribution is 2.35. The van der Waals surface area contributed by atoms with E-state index in [1.807, 2.05) is 20.8 Å². The van der Waals surface area contributed by atoms with E-state index in [-0.39, 0.29) is 23.4 Å². The smallest absolute Gasteiger partial charge is 0.388 e. The molecule has 0 saturated carbocycles. The van der Waals surface area contributed by atoms with Crippen LogP contribution in [0.15, 0.2) is 66.2 Å². The Morgan fingerprint density at radius 1 is 1.16 bits per heavy atom. The molecule has 0 radical (unpaired) electrons. The summed E-state index contributed by atoms with van der Waals surface area (Å²) in [5.74, 6) is 5.22. The van der Waals surface area contributed by atoms with Gasteiger partial charge in [0.1, 0.15) is 5.69 Å². The number of nitrogens with zero attached hydrogens (tertiary/aromatic N) is 6. The standard InChI is InChI=1S/C26H21F3N6O2.C3H7N.C2H6.CH5N/c1-25(37)15-34(16-25)14-18-5-6-20(10-22(18)26(27,28)29)33-24(36)19-9-17(11-30-12-19)4-7-21-13-31-23-3-2-8-32-35(21)23;1-3-4-2;2*1-2/h2-3,5-6,8-13,37H,14-16H2,1H3,(H,33,36);3H,1-2H3;1-2H3;2H2,1H3. The molecule has 1 amide bonds. The van der Waals surface area contributed by atoms with Crippen LogP contribution < -0.4 is 11.1 Å². The second-order valence-electron chi connectivity index (χ2n) is 9.63. The van der Waals surface area contributed by atoms with E-state index in [2.05, 4.69) is 43.0 Å². The molecule has 240 valence electrons. The highest BCUT2D eigenvalue weighted by molar-refractivity contribution is 6.04. The lowest BCUT2D eigenvalue weighted by Gasteiger charge is -2.44. The van der Waals surface area contributed by atoms with Gasteiger partial charge in [-0.2, -0.15) is 18.3 Å². The summed E-state index contributed by atoms with van der Waals surface area (Å²) >= 11 is 0. The fraction of sp³-hybridized carbons (Fsp3) is 0.344. The molecule has 0 bridgehead atoms. The molecule has 0 aliphatic carbocycles. The van der Waals surface area contributed by atoms with E-state index >= 15 is 0 Å². The Hall–Kier alpha value is -4.64. The minimum Gasteiger partial charge on any atom is -0.388 e. The summed E-state index contributed by atoms with van der Waals surface area (Å²) in [5, 5.41) is 16.5. The van der Waals surface area contributed by atoms with Crippen molar-refractivity contribution < 1.29 is 23.1 Å². The molecule has 4 aromatic rings. The number of halogens is 3.